The summed E-state index contributed by atoms with van der Waals surface area (Å²) in [6.45, 7) is 1.58. The topological polar surface area (TPSA) is 51.4 Å². The van der Waals surface area contributed by atoms with E-state index in [1.165, 1.54) is 12.8 Å². The molecule has 0 radical (unpaired) electrons. The van der Waals surface area contributed by atoms with Crippen molar-refractivity contribution >= 4 is 17.6 Å². The molecule has 0 amide bonds. The number of hydrogen-bond donors (Lipinski definition) is 0. The van der Waals surface area contributed by atoms with Crippen LogP contribution in [-0.4, -0.2) is 41.4 Å². The third-order valence-corrected chi connectivity index (χ3v) is 3.93. The summed E-state index contributed by atoms with van der Waals surface area (Å²) in [5.74, 6) is 1.13. The molecule has 1 aliphatic carbocycles. The summed E-state index contributed by atoms with van der Waals surface area (Å²) in [5.41, 5.74) is 0. The van der Waals surface area contributed by atoms with Crippen LogP contribution in [0.25, 0.3) is 0 Å². The SMILES string of the molecule is ClCCc1nnc(N2CCOC3CCCCC32)o1. The zero-order chi connectivity index (χ0) is 12.4. The Kier molecular flexibility index (Phi) is 3.70. The Labute approximate surface area is 111 Å². The highest BCUT2D eigenvalue weighted by Crippen LogP contribution is 2.31. The fraction of sp³-hybridized carbons (Fsp3) is 0.833. The summed E-state index contributed by atoms with van der Waals surface area (Å²) in [4.78, 5) is 2.22. The fourth-order valence-electron chi connectivity index (χ4n) is 2.88. The Balaban J connectivity index is 1.76. The lowest BCUT2D eigenvalue weighted by Gasteiger charge is -2.42. The van der Waals surface area contributed by atoms with E-state index in [0.29, 0.717) is 36.4 Å². The van der Waals surface area contributed by atoms with Crippen LogP contribution in [0, 0.1) is 0 Å². The number of fused-ring (bicyclic) bond motifs is 1. The Morgan fingerprint density at radius 1 is 1.28 bits per heavy atom. The minimum atomic E-state index is 0.330. The van der Waals surface area contributed by atoms with Crippen LogP contribution in [0.5, 0.6) is 0 Å². The van der Waals surface area contributed by atoms with Crippen LogP contribution in [0.4, 0.5) is 6.01 Å². The number of morpholine rings is 1. The van der Waals surface area contributed by atoms with Gasteiger partial charge in [-0.25, -0.2) is 0 Å². The van der Waals surface area contributed by atoms with Crippen LogP contribution in [0.2, 0.25) is 0 Å². The van der Waals surface area contributed by atoms with Crippen molar-refractivity contribution in [2.75, 3.05) is 23.9 Å². The second kappa shape index (κ2) is 5.45. The summed E-state index contributed by atoms with van der Waals surface area (Å²) < 4.78 is 11.5. The first-order valence-corrected chi connectivity index (χ1v) is 7.18. The van der Waals surface area contributed by atoms with Crippen molar-refractivity contribution in [1.29, 1.82) is 0 Å². The van der Waals surface area contributed by atoms with Crippen molar-refractivity contribution in [1.82, 2.24) is 10.2 Å². The van der Waals surface area contributed by atoms with Crippen LogP contribution in [0.15, 0.2) is 4.42 Å². The van der Waals surface area contributed by atoms with Gasteiger partial charge in [-0.1, -0.05) is 17.9 Å². The minimum absolute atomic E-state index is 0.330. The molecule has 0 bridgehead atoms. The van der Waals surface area contributed by atoms with Crippen LogP contribution >= 0.6 is 11.6 Å². The molecule has 2 unspecified atom stereocenters. The molecule has 1 aromatic heterocycles. The fourth-order valence-corrected chi connectivity index (χ4v) is 3.04. The molecule has 2 fully saturated rings. The molecule has 1 aromatic rings. The molecule has 0 N–H and O–H groups in total. The van der Waals surface area contributed by atoms with E-state index in [0.717, 1.165) is 26.0 Å². The van der Waals surface area contributed by atoms with E-state index in [9.17, 15) is 0 Å². The van der Waals surface area contributed by atoms with Crippen molar-refractivity contribution < 1.29 is 9.15 Å². The summed E-state index contributed by atoms with van der Waals surface area (Å²) in [6, 6.07) is 1.03. The van der Waals surface area contributed by atoms with E-state index >= 15 is 0 Å². The quantitative estimate of drug-likeness (QED) is 0.787. The Morgan fingerprint density at radius 3 is 3.06 bits per heavy atom. The van der Waals surface area contributed by atoms with E-state index in [2.05, 4.69) is 15.1 Å². The number of hydrogen-bond acceptors (Lipinski definition) is 5. The minimum Gasteiger partial charge on any atom is -0.408 e. The lowest BCUT2D eigenvalue weighted by Crippen LogP contribution is -2.53. The van der Waals surface area contributed by atoms with Crippen molar-refractivity contribution in [2.45, 2.75) is 44.2 Å². The molecule has 2 heterocycles. The number of aromatic nitrogens is 2. The van der Waals surface area contributed by atoms with Gasteiger partial charge >= 0.3 is 6.01 Å². The first kappa shape index (κ1) is 12.2. The van der Waals surface area contributed by atoms with Gasteiger partial charge in [0.25, 0.3) is 0 Å². The molecule has 18 heavy (non-hydrogen) atoms. The van der Waals surface area contributed by atoms with Crippen molar-refractivity contribution in [3.8, 4) is 0 Å². The van der Waals surface area contributed by atoms with Crippen molar-refractivity contribution in [3.05, 3.63) is 5.89 Å². The van der Waals surface area contributed by atoms with E-state index in [1.807, 2.05) is 0 Å². The average Bonchev–Trinajstić information content (AvgIpc) is 2.87. The van der Waals surface area contributed by atoms with Gasteiger partial charge in [0.15, 0.2) is 0 Å². The lowest BCUT2D eigenvalue weighted by molar-refractivity contribution is -0.0106. The third kappa shape index (κ3) is 2.34. The van der Waals surface area contributed by atoms with Crippen molar-refractivity contribution in [3.63, 3.8) is 0 Å². The summed E-state index contributed by atoms with van der Waals surface area (Å²) in [6.07, 6.45) is 5.77. The zero-order valence-corrected chi connectivity index (χ0v) is 11.1. The molecule has 2 atom stereocenters. The molecule has 1 aliphatic heterocycles. The molecular formula is C12H18ClN3O2. The number of rotatable bonds is 3. The van der Waals surface area contributed by atoms with Crippen LogP contribution < -0.4 is 4.90 Å². The third-order valence-electron chi connectivity index (χ3n) is 3.74. The number of alkyl halides is 1. The molecular weight excluding hydrogens is 254 g/mol. The Bertz CT molecular complexity index is 396. The second-order valence-electron chi connectivity index (χ2n) is 4.87. The highest BCUT2D eigenvalue weighted by molar-refractivity contribution is 6.17. The normalized spacial score (nSPS) is 28.2. The van der Waals surface area contributed by atoms with Gasteiger partial charge in [-0.3, -0.25) is 0 Å². The van der Waals surface area contributed by atoms with E-state index in [-0.39, 0.29) is 0 Å². The number of anilines is 1. The van der Waals surface area contributed by atoms with Gasteiger partial charge in [-0.2, -0.15) is 0 Å². The van der Waals surface area contributed by atoms with E-state index in [1.54, 1.807) is 0 Å². The predicted octanol–water partition coefficient (Wildman–Crippen LogP) is 2.00. The smallest absolute Gasteiger partial charge is 0.318 e. The molecule has 5 nitrogen and oxygen atoms in total. The largest absolute Gasteiger partial charge is 0.408 e. The van der Waals surface area contributed by atoms with Crippen LogP contribution in [0.1, 0.15) is 31.6 Å². The molecule has 2 aliphatic rings. The molecule has 3 rings (SSSR count). The zero-order valence-electron chi connectivity index (χ0n) is 10.3. The van der Waals surface area contributed by atoms with Gasteiger partial charge < -0.3 is 14.1 Å². The first-order valence-electron chi connectivity index (χ1n) is 6.65. The lowest BCUT2D eigenvalue weighted by atomic mass is 9.90. The van der Waals surface area contributed by atoms with Gasteiger partial charge in [0, 0.05) is 18.8 Å². The second-order valence-corrected chi connectivity index (χ2v) is 5.25. The maximum atomic E-state index is 5.84. The van der Waals surface area contributed by atoms with Gasteiger partial charge in [0.05, 0.1) is 18.8 Å². The Hall–Kier alpha value is -0.810. The standard InChI is InChI=1S/C12H18ClN3O2/c13-6-5-11-14-15-12(18-11)16-7-8-17-10-4-2-1-3-9(10)16/h9-10H,1-8H2. The summed E-state index contributed by atoms with van der Waals surface area (Å²) in [7, 11) is 0. The molecule has 100 valence electrons. The van der Waals surface area contributed by atoms with Gasteiger partial charge in [0.2, 0.25) is 5.89 Å². The van der Waals surface area contributed by atoms with Crippen molar-refractivity contribution in [2.24, 2.45) is 0 Å². The number of halogens is 1. The number of ether oxygens (including phenoxy) is 1. The average molecular weight is 272 g/mol. The monoisotopic (exact) mass is 271 g/mol. The van der Waals surface area contributed by atoms with E-state index < -0.39 is 0 Å². The molecule has 0 aromatic carbocycles. The van der Waals surface area contributed by atoms with Gasteiger partial charge in [-0.15, -0.1) is 16.7 Å². The highest BCUT2D eigenvalue weighted by atomic mass is 35.5. The highest BCUT2D eigenvalue weighted by Gasteiger charge is 2.36. The molecule has 0 spiro atoms. The van der Waals surface area contributed by atoms with Gasteiger partial charge in [0.1, 0.15) is 0 Å². The summed E-state index contributed by atoms with van der Waals surface area (Å²) in [5, 5.41) is 8.18. The Morgan fingerprint density at radius 2 is 2.17 bits per heavy atom. The number of nitrogens with zero attached hydrogens (tertiary/aromatic N) is 3. The first-order chi connectivity index (χ1) is 8.88. The summed E-state index contributed by atoms with van der Waals surface area (Å²) >= 11 is 5.68. The van der Waals surface area contributed by atoms with Gasteiger partial charge in [-0.05, 0) is 12.8 Å². The molecule has 6 heteroatoms. The predicted molar refractivity (Wildman–Crippen MR) is 68.1 cm³/mol. The molecule has 1 saturated carbocycles. The number of aryl methyl sites for hydroxylation is 1. The maximum Gasteiger partial charge on any atom is 0.318 e. The van der Waals surface area contributed by atoms with E-state index in [4.69, 9.17) is 20.8 Å². The van der Waals surface area contributed by atoms with Crippen LogP contribution in [0.3, 0.4) is 0 Å². The molecule has 1 saturated heterocycles. The van der Waals surface area contributed by atoms with Crippen LogP contribution in [-0.2, 0) is 11.2 Å². The maximum absolute atomic E-state index is 5.84.